The van der Waals surface area contributed by atoms with Gasteiger partial charge in [0.2, 0.25) is 11.8 Å². The topological polar surface area (TPSA) is 60.1 Å². The van der Waals surface area contributed by atoms with E-state index in [1.165, 1.54) is 29.9 Å². The van der Waals surface area contributed by atoms with Crippen LogP contribution in [0.15, 0.2) is 29.2 Å². The van der Waals surface area contributed by atoms with Gasteiger partial charge in [0.05, 0.1) is 18.4 Å². The summed E-state index contributed by atoms with van der Waals surface area (Å²) in [5, 5.41) is 9.30. The number of hydrogen-bond donors (Lipinski definition) is 1. The summed E-state index contributed by atoms with van der Waals surface area (Å²) in [6.07, 6.45) is 1.29. The third-order valence-corrected chi connectivity index (χ3v) is 2.25. The zero-order valence-electron chi connectivity index (χ0n) is 8.59. The van der Waals surface area contributed by atoms with Gasteiger partial charge in [-0.25, -0.2) is 9.78 Å². The third kappa shape index (κ3) is 1.81. The maximum atomic E-state index is 12.8. The van der Waals surface area contributed by atoms with Crippen LogP contribution in [0, 0.1) is 5.95 Å². The molecule has 2 aromatic heterocycles. The standard InChI is InChI=1S/C10H10FN3O2/c1-13-9(15)6-14(10(13)16)5-7-3-2-4-8(11)12-7/h2-4,6,15H,5H2,1H3. The molecule has 0 aliphatic carbocycles. The molecule has 2 aromatic rings. The molecule has 0 aromatic carbocycles. The molecule has 0 atom stereocenters. The van der Waals surface area contributed by atoms with Crippen LogP contribution in [0.3, 0.4) is 0 Å². The molecule has 6 heteroatoms. The fourth-order valence-corrected chi connectivity index (χ4v) is 1.40. The molecule has 0 amide bonds. The number of halogens is 1. The molecule has 0 aliphatic heterocycles. The van der Waals surface area contributed by atoms with Crippen LogP contribution < -0.4 is 5.69 Å². The van der Waals surface area contributed by atoms with Gasteiger partial charge in [-0.15, -0.1) is 0 Å². The minimum atomic E-state index is -0.592. The molecule has 5 nitrogen and oxygen atoms in total. The first-order valence-corrected chi connectivity index (χ1v) is 4.64. The van der Waals surface area contributed by atoms with E-state index < -0.39 is 5.95 Å². The zero-order valence-corrected chi connectivity index (χ0v) is 8.59. The fourth-order valence-electron chi connectivity index (χ4n) is 1.40. The first-order chi connectivity index (χ1) is 7.58. The first-order valence-electron chi connectivity index (χ1n) is 4.64. The van der Waals surface area contributed by atoms with Crippen LogP contribution in [0.1, 0.15) is 5.69 Å². The summed E-state index contributed by atoms with van der Waals surface area (Å²) in [6, 6.07) is 4.36. The smallest absolute Gasteiger partial charge is 0.331 e. The number of aromatic hydroxyl groups is 1. The molecule has 16 heavy (non-hydrogen) atoms. The van der Waals surface area contributed by atoms with E-state index in [9.17, 15) is 14.3 Å². The van der Waals surface area contributed by atoms with Gasteiger partial charge in [0, 0.05) is 7.05 Å². The molecule has 84 valence electrons. The third-order valence-electron chi connectivity index (χ3n) is 2.25. The Balaban J connectivity index is 2.34. The molecule has 2 heterocycles. The fraction of sp³-hybridized carbons (Fsp3) is 0.200. The van der Waals surface area contributed by atoms with Crippen LogP contribution in [-0.2, 0) is 13.6 Å². The lowest BCUT2D eigenvalue weighted by Crippen LogP contribution is -2.22. The number of nitrogens with zero attached hydrogens (tertiary/aromatic N) is 3. The van der Waals surface area contributed by atoms with Gasteiger partial charge in [-0.2, -0.15) is 4.39 Å². The Morgan fingerprint density at radius 1 is 1.50 bits per heavy atom. The van der Waals surface area contributed by atoms with Gasteiger partial charge in [0.15, 0.2) is 0 Å². The summed E-state index contributed by atoms with van der Waals surface area (Å²) >= 11 is 0. The maximum absolute atomic E-state index is 12.8. The molecule has 0 aliphatic rings. The zero-order chi connectivity index (χ0) is 11.7. The highest BCUT2D eigenvalue weighted by Gasteiger charge is 2.07. The van der Waals surface area contributed by atoms with Crippen molar-refractivity contribution >= 4 is 0 Å². The highest BCUT2D eigenvalue weighted by molar-refractivity contribution is 5.09. The second-order valence-corrected chi connectivity index (χ2v) is 3.41. The Bertz CT molecular complexity index is 574. The normalized spacial score (nSPS) is 10.6. The van der Waals surface area contributed by atoms with Crippen molar-refractivity contribution in [1.29, 1.82) is 0 Å². The Morgan fingerprint density at radius 3 is 2.81 bits per heavy atom. The lowest BCUT2D eigenvalue weighted by Gasteiger charge is -2.00. The van der Waals surface area contributed by atoms with Crippen molar-refractivity contribution in [3.05, 3.63) is 46.5 Å². The summed E-state index contributed by atoms with van der Waals surface area (Å²) in [5.74, 6) is -0.730. The second-order valence-electron chi connectivity index (χ2n) is 3.41. The summed E-state index contributed by atoms with van der Waals surface area (Å²) in [6.45, 7) is 0.130. The van der Waals surface area contributed by atoms with Crippen LogP contribution in [0.5, 0.6) is 5.88 Å². The summed E-state index contributed by atoms with van der Waals surface area (Å²) < 4.78 is 15.2. The van der Waals surface area contributed by atoms with Crippen LogP contribution in [-0.4, -0.2) is 19.2 Å². The number of rotatable bonds is 2. The predicted molar refractivity (Wildman–Crippen MR) is 54.6 cm³/mol. The van der Waals surface area contributed by atoms with Crippen molar-refractivity contribution in [3.8, 4) is 5.88 Å². The summed E-state index contributed by atoms with van der Waals surface area (Å²) in [4.78, 5) is 15.2. The SMILES string of the molecule is Cn1c(O)cn(Cc2cccc(F)n2)c1=O. The highest BCUT2D eigenvalue weighted by atomic mass is 19.1. The Kier molecular flexibility index (Phi) is 2.47. The molecule has 0 spiro atoms. The van der Waals surface area contributed by atoms with Gasteiger partial charge in [0.1, 0.15) is 0 Å². The molecule has 0 saturated heterocycles. The summed E-state index contributed by atoms with van der Waals surface area (Å²) in [7, 11) is 1.45. The highest BCUT2D eigenvalue weighted by Crippen LogP contribution is 2.05. The summed E-state index contributed by atoms with van der Waals surface area (Å²) in [5.41, 5.74) is 0.0521. The van der Waals surface area contributed by atoms with E-state index in [0.717, 1.165) is 4.57 Å². The van der Waals surface area contributed by atoms with Crippen LogP contribution in [0.25, 0.3) is 0 Å². The largest absolute Gasteiger partial charge is 0.493 e. The van der Waals surface area contributed by atoms with Gasteiger partial charge in [-0.3, -0.25) is 9.13 Å². The van der Waals surface area contributed by atoms with E-state index in [0.29, 0.717) is 5.69 Å². The molecule has 0 saturated carbocycles. The number of imidazole rings is 1. The van der Waals surface area contributed by atoms with Gasteiger partial charge in [-0.1, -0.05) is 6.07 Å². The van der Waals surface area contributed by atoms with Gasteiger partial charge >= 0.3 is 5.69 Å². The quantitative estimate of drug-likeness (QED) is 0.753. The monoisotopic (exact) mass is 223 g/mol. The van der Waals surface area contributed by atoms with Crippen LogP contribution in [0.2, 0.25) is 0 Å². The first kappa shape index (κ1) is 10.4. The van der Waals surface area contributed by atoms with Crippen LogP contribution >= 0.6 is 0 Å². The van der Waals surface area contributed by atoms with Crippen LogP contribution in [0.4, 0.5) is 4.39 Å². The van der Waals surface area contributed by atoms with Gasteiger partial charge in [0.25, 0.3) is 0 Å². The Morgan fingerprint density at radius 2 is 2.25 bits per heavy atom. The molecule has 1 N–H and O–H groups in total. The lowest BCUT2D eigenvalue weighted by atomic mass is 10.3. The number of hydrogen-bond acceptors (Lipinski definition) is 3. The predicted octanol–water partition coefficient (Wildman–Crippen LogP) is 0.475. The molecule has 0 bridgehead atoms. The molecule has 2 rings (SSSR count). The maximum Gasteiger partial charge on any atom is 0.331 e. The van der Waals surface area contributed by atoms with E-state index in [2.05, 4.69) is 4.98 Å². The average molecular weight is 223 g/mol. The molecular formula is C10H10FN3O2. The van der Waals surface area contributed by atoms with Crippen molar-refractivity contribution in [3.63, 3.8) is 0 Å². The van der Waals surface area contributed by atoms with Crippen molar-refractivity contribution in [1.82, 2.24) is 14.1 Å². The van der Waals surface area contributed by atoms with E-state index in [4.69, 9.17) is 0 Å². The number of aromatic nitrogens is 3. The van der Waals surface area contributed by atoms with Crippen molar-refractivity contribution in [2.45, 2.75) is 6.54 Å². The van der Waals surface area contributed by atoms with E-state index in [-0.39, 0.29) is 18.1 Å². The average Bonchev–Trinajstić information content (AvgIpc) is 2.47. The molecule has 0 fully saturated rings. The van der Waals surface area contributed by atoms with Crippen molar-refractivity contribution in [2.75, 3.05) is 0 Å². The second kappa shape index (κ2) is 3.80. The van der Waals surface area contributed by atoms with Gasteiger partial charge < -0.3 is 5.11 Å². The molecular weight excluding hydrogens is 213 g/mol. The number of pyridine rings is 1. The van der Waals surface area contributed by atoms with E-state index in [1.807, 2.05) is 0 Å². The Hall–Kier alpha value is -2.11. The van der Waals surface area contributed by atoms with E-state index in [1.54, 1.807) is 6.07 Å². The van der Waals surface area contributed by atoms with Gasteiger partial charge in [-0.05, 0) is 12.1 Å². The molecule has 0 radical (unpaired) electrons. The minimum Gasteiger partial charge on any atom is -0.493 e. The molecule has 0 unspecified atom stereocenters. The van der Waals surface area contributed by atoms with Crippen molar-refractivity contribution in [2.24, 2.45) is 7.05 Å². The lowest BCUT2D eigenvalue weighted by molar-refractivity contribution is 0.429. The minimum absolute atomic E-state index is 0.130. The van der Waals surface area contributed by atoms with E-state index >= 15 is 0 Å². The Labute approximate surface area is 90.4 Å². The van der Waals surface area contributed by atoms with Crippen molar-refractivity contribution < 1.29 is 9.50 Å².